The fraction of sp³-hybridized carbons (Fsp3) is 0.0488. The van der Waals surface area contributed by atoms with Gasteiger partial charge in [-0.15, -0.1) is 0 Å². The van der Waals surface area contributed by atoms with Gasteiger partial charge in [0, 0.05) is 38.8 Å². The summed E-state index contributed by atoms with van der Waals surface area (Å²) in [6, 6.07) is 47.4. The number of anilines is 2. The monoisotopic (exact) mass is 579 g/mol. The van der Waals surface area contributed by atoms with Crippen molar-refractivity contribution in [2.75, 3.05) is 4.90 Å². The van der Waals surface area contributed by atoms with Crippen LogP contribution in [0.2, 0.25) is 0 Å². The van der Waals surface area contributed by atoms with Gasteiger partial charge in [-0.25, -0.2) is 4.98 Å². The Labute approximate surface area is 260 Å². The lowest BCUT2D eigenvalue weighted by Crippen LogP contribution is -2.29. The molecular formula is C41H29N3O. The van der Waals surface area contributed by atoms with E-state index in [1.165, 1.54) is 21.8 Å². The molecule has 0 aliphatic heterocycles. The van der Waals surface area contributed by atoms with Crippen molar-refractivity contribution in [2.24, 2.45) is 0 Å². The molecule has 0 bridgehead atoms. The van der Waals surface area contributed by atoms with E-state index in [1.54, 1.807) is 0 Å². The molecule has 2 heterocycles. The minimum atomic E-state index is 0.179. The average Bonchev–Trinajstić information content (AvgIpc) is 3.69. The van der Waals surface area contributed by atoms with Crippen molar-refractivity contribution in [1.82, 2.24) is 9.55 Å². The highest BCUT2D eigenvalue weighted by atomic mass is 16.3. The summed E-state index contributed by atoms with van der Waals surface area (Å²) in [6.45, 7) is 0. The molecule has 1 unspecified atom stereocenters. The molecule has 1 aliphatic rings. The van der Waals surface area contributed by atoms with Gasteiger partial charge in [-0.05, 0) is 78.5 Å². The molecule has 0 amide bonds. The highest BCUT2D eigenvalue weighted by molar-refractivity contribution is 6.10. The summed E-state index contributed by atoms with van der Waals surface area (Å²) < 4.78 is 8.74. The van der Waals surface area contributed by atoms with E-state index in [2.05, 4.69) is 137 Å². The van der Waals surface area contributed by atoms with Gasteiger partial charge in [-0.3, -0.25) is 0 Å². The third kappa shape index (κ3) is 4.26. The minimum Gasteiger partial charge on any atom is -0.435 e. The maximum Gasteiger partial charge on any atom is 0.227 e. The Hall–Kier alpha value is -5.87. The standard InChI is InChI=1S/C41H29N3O/c1-4-12-28(13-5-1)41-42-37-25-20-29-26-32(21-23-34(29)40(37)45-41)43(30-14-6-2-7-15-30)33-22-24-36-35-18-10-11-19-38(35)44(39(36)27-33)31-16-8-3-9-17-31/h1-14,16-27,30H,15H2. The minimum absolute atomic E-state index is 0.179. The van der Waals surface area contributed by atoms with Crippen LogP contribution in [0.1, 0.15) is 6.42 Å². The third-order valence-electron chi connectivity index (χ3n) is 8.89. The van der Waals surface area contributed by atoms with E-state index < -0.39 is 0 Å². The Morgan fingerprint density at radius 2 is 1.38 bits per heavy atom. The quantitative estimate of drug-likeness (QED) is 0.203. The second-order valence-corrected chi connectivity index (χ2v) is 11.6. The van der Waals surface area contributed by atoms with Gasteiger partial charge in [0.2, 0.25) is 5.89 Å². The first-order valence-corrected chi connectivity index (χ1v) is 15.4. The molecule has 1 aliphatic carbocycles. The van der Waals surface area contributed by atoms with Crippen LogP contribution in [0.15, 0.2) is 162 Å². The van der Waals surface area contributed by atoms with E-state index in [-0.39, 0.29) is 6.04 Å². The van der Waals surface area contributed by atoms with E-state index >= 15 is 0 Å². The van der Waals surface area contributed by atoms with Crippen LogP contribution in [0.4, 0.5) is 11.4 Å². The number of fused-ring (bicyclic) bond motifs is 6. The van der Waals surface area contributed by atoms with Gasteiger partial charge < -0.3 is 13.9 Å². The Morgan fingerprint density at radius 3 is 2.20 bits per heavy atom. The maximum atomic E-state index is 6.35. The van der Waals surface area contributed by atoms with E-state index in [1.807, 2.05) is 30.3 Å². The van der Waals surface area contributed by atoms with E-state index in [4.69, 9.17) is 9.40 Å². The maximum absolute atomic E-state index is 6.35. The lowest BCUT2D eigenvalue weighted by molar-refractivity contribution is 0.623. The first-order chi connectivity index (χ1) is 22.3. The van der Waals surface area contributed by atoms with Gasteiger partial charge in [0.25, 0.3) is 0 Å². The molecule has 0 saturated carbocycles. The fourth-order valence-corrected chi connectivity index (χ4v) is 6.81. The van der Waals surface area contributed by atoms with Crippen molar-refractivity contribution in [2.45, 2.75) is 12.5 Å². The van der Waals surface area contributed by atoms with E-state index in [9.17, 15) is 0 Å². The summed E-state index contributed by atoms with van der Waals surface area (Å²) >= 11 is 0. The van der Waals surface area contributed by atoms with E-state index in [0.717, 1.165) is 50.9 Å². The number of allylic oxidation sites excluding steroid dienone is 2. The molecule has 45 heavy (non-hydrogen) atoms. The zero-order valence-corrected chi connectivity index (χ0v) is 24.5. The Bertz CT molecular complexity index is 2410. The van der Waals surface area contributed by atoms with Crippen LogP contribution in [-0.2, 0) is 0 Å². The largest absolute Gasteiger partial charge is 0.435 e. The number of hydrogen-bond donors (Lipinski definition) is 0. The molecule has 0 spiro atoms. The van der Waals surface area contributed by atoms with Gasteiger partial charge in [0.1, 0.15) is 5.52 Å². The smallest absolute Gasteiger partial charge is 0.227 e. The molecule has 0 saturated heterocycles. The van der Waals surface area contributed by atoms with Crippen LogP contribution >= 0.6 is 0 Å². The second kappa shape index (κ2) is 10.4. The molecular weight excluding hydrogens is 550 g/mol. The zero-order valence-electron chi connectivity index (χ0n) is 24.5. The van der Waals surface area contributed by atoms with Gasteiger partial charge in [-0.2, -0.15) is 0 Å². The number of hydrogen-bond acceptors (Lipinski definition) is 3. The Kier molecular flexibility index (Phi) is 5.91. The van der Waals surface area contributed by atoms with Crippen molar-refractivity contribution in [3.63, 3.8) is 0 Å². The van der Waals surface area contributed by atoms with Crippen LogP contribution in [0.3, 0.4) is 0 Å². The summed E-state index contributed by atoms with van der Waals surface area (Å²) in [5, 5.41) is 4.68. The number of para-hydroxylation sites is 2. The predicted octanol–water partition coefficient (Wildman–Crippen LogP) is 10.8. The molecule has 1 atom stereocenters. The summed E-state index contributed by atoms with van der Waals surface area (Å²) in [4.78, 5) is 7.26. The highest BCUT2D eigenvalue weighted by Gasteiger charge is 2.22. The predicted molar refractivity (Wildman–Crippen MR) is 187 cm³/mol. The molecule has 0 radical (unpaired) electrons. The van der Waals surface area contributed by atoms with Crippen LogP contribution < -0.4 is 4.90 Å². The Balaban J connectivity index is 1.22. The fourth-order valence-electron chi connectivity index (χ4n) is 6.81. The first-order valence-electron chi connectivity index (χ1n) is 15.4. The molecule has 8 aromatic rings. The lowest BCUT2D eigenvalue weighted by Gasteiger charge is -2.33. The normalized spacial score (nSPS) is 14.6. The first kappa shape index (κ1) is 25.6. The average molecular weight is 580 g/mol. The zero-order chi connectivity index (χ0) is 29.7. The molecule has 2 aromatic heterocycles. The van der Waals surface area contributed by atoms with Gasteiger partial charge >= 0.3 is 0 Å². The SMILES string of the molecule is C1=CCC(N(c2ccc3c(ccc4nc(-c5ccccc5)oc43)c2)c2ccc3c4ccccc4n(-c4ccccc4)c3c2)C=C1. The van der Waals surface area contributed by atoms with Gasteiger partial charge in [0.05, 0.1) is 17.1 Å². The van der Waals surface area contributed by atoms with Crippen LogP contribution in [-0.4, -0.2) is 15.6 Å². The van der Waals surface area contributed by atoms with Crippen LogP contribution in [0, 0.1) is 0 Å². The number of nitrogens with zero attached hydrogens (tertiary/aromatic N) is 3. The van der Waals surface area contributed by atoms with Crippen molar-refractivity contribution >= 4 is 55.1 Å². The molecule has 0 N–H and O–H groups in total. The molecule has 9 rings (SSSR count). The molecule has 4 nitrogen and oxygen atoms in total. The van der Waals surface area contributed by atoms with Crippen LogP contribution in [0.5, 0.6) is 0 Å². The van der Waals surface area contributed by atoms with Crippen molar-refractivity contribution in [3.05, 3.63) is 158 Å². The summed E-state index contributed by atoms with van der Waals surface area (Å²) in [5.74, 6) is 0.644. The van der Waals surface area contributed by atoms with Crippen molar-refractivity contribution in [1.29, 1.82) is 0 Å². The number of rotatable bonds is 5. The summed E-state index contributed by atoms with van der Waals surface area (Å²) in [6.07, 6.45) is 9.77. The molecule has 0 fully saturated rings. The topological polar surface area (TPSA) is 34.2 Å². The summed E-state index contributed by atoms with van der Waals surface area (Å²) in [7, 11) is 0. The Morgan fingerprint density at radius 1 is 0.644 bits per heavy atom. The molecule has 4 heteroatoms. The number of aromatic nitrogens is 2. The van der Waals surface area contributed by atoms with Crippen molar-refractivity contribution < 1.29 is 4.42 Å². The highest BCUT2D eigenvalue weighted by Crippen LogP contribution is 2.39. The lowest BCUT2D eigenvalue weighted by atomic mass is 10.0. The summed E-state index contributed by atoms with van der Waals surface area (Å²) in [5.41, 5.74) is 8.51. The van der Waals surface area contributed by atoms with E-state index in [0.29, 0.717) is 5.89 Å². The van der Waals surface area contributed by atoms with Crippen molar-refractivity contribution in [3.8, 4) is 17.1 Å². The molecule has 214 valence electrons. The number of oxazole rings is 1. The second-order valence-electron chi connectivity index (χ2n) is 11.6. The van der Waals surface area contributed by atoms with Crippen LogP contribution in [0.25, 0.3) is 60.8 Å². The third-order valence-corrected chi connectivity index (χ3v) is 8.89. The molecule has 6 aromatic carbocycles. The number of benzene rings is 6. The van der Waals surface area contributed by atoms with Gasteiger partial charge in [-0.1, -0.05) is 91.0 Å². The van der Waals surface area contributed by atoms with Gasteiger partial charge in [0.15, 0.2) is 5.58 Å².